The van der Waals surface area contributed by atoms with E-state index < -0.39 is 5.97 Å². The van der Waals surface area contributed by atoms with Crippen LogP contribution < -0.4 is 16.8 Å². The van der Waals surface area contributed by atoms with Crippen LogP contribution >= 0.6 is 0 Å². The summed E-state index contributed by atoms with van der Waals surface area (Å²) >= 11 is 0. The third-order valence-corrected chi connectivity index (χ3v) is 6.15. The van der Waals surface area contributed by atoms with Gasteiger partial charge in [-0.2, -0.15) is 0 Å². The molecule has 0 aliphatic heterocycles. The van der Waals surface area contributed by atoms with Crippen LogP contribution in [0.2, 0.25) is 0 Å². The van der Waals surface area contributed by atoms with Crippen LogP contribution in [0.3, 0.4) is 0 Å². The lowest BCUT2D eigenvalue weighted by Gasteiger charge is -2.32. The van der Waals surface area contributed by atoms with Crippen LogP contribution in [-0.4, -0.2) is 17.0 Å². The molecule has 0 aromatic heterocycles. The number of fused-ring (bicyclic) bond motifs is 1. The van der Waals surface area contributed by atoms with Gasteiger partial charge in [-0.25, -0.2) is 4.79 Å². The number of carboxylic acid groups (broad SMARTS) is 1. The number of nitrogens with two attached hydrogens (primary N) is 2. The van der Waals surface area contributed by atoms with Crippen molar-refractivity contribution in [2.75, 3.05) is 16.8 Å². The number of hydrogen-bond acceptors (Lipinski definition) is 4. The van der Waals surface area contributed by atoms with Crippen molar-refractivity contribution >= 4 is 34.5 Å². The van der Waals surface area contributed by atoms with Crippen molar-refractivity contribution in [3.63, 3.8) is 0 Å². The predicted molar refractivity (Wildman–Crippen MR) is 133 cm³/mol. The molecule has 3 aromatic rings. The van der Waals surface area contributed by atoms with E-state index in [0.717, 1.165) is 23.1 Å². The predicted octanol–water partition coefficient (Wildman–Crippen LogP) is 5.22. The van der Waals surface area contributed by atoms with Gasteiger partial charge in [0.25, 0.3) is 5.91 Å². The van der Waals surface area contributed by atoms with E-state index in [4.69, 9.17) is 11.5 Å². The number of nitrogens with one attached hydrogen (secondary N) is 1. The first-order valence-electron chi connectivity index (χ1n) is 10.7. The van der Waals surface area contributed by atoms with Crippen LogP contribution in [0.15, 0.2) is 60.7 Å². The zero-order chi connectivity index (χ0) is 23.9. The summed E-state index contributed by atoms with van der Waals surface area (Å²) < 4.78 is 0. The second-order valence-electron chi connectivity index (χ2n) is 9.12. The van der Waals surface area contributed by atoms with Gasteiger partial charge < -0.3 is 21.9 Å². The number of carbonyl (C=O) groups is 2. The minimum Gasteiger partial charge on any atom is -0.478 e. The van der Waals surface area contributed by atoms with E-state index in [2.05, 4.69) is 56.4 Å². The highest BCUT2D eigenvalue weighted by Crippen LogP contribution is 2.41. The summed E-state index contributed by atoms with van der Waals surface area (Å²) in [7, 11) is 0. The van der Waals surface area contributed by atoms with Crippen LogP contribution in [0.25, 0.3) is 5.57 Å². The van der Waals surface area contributed by atoms with Crippen LogP contribution in [0.5, 0.6) is 0 Å². The Kier molecular flexibility index (Phi) is 5.46. The molecule has 0 heterocycles. The lowest BCUT2D eigenvalue weighted by molar-refractivity contribution is 0.0699. The van der Waals surface area contributed by atoms with Gasteiger partial charge in [-0.05, 0) is 65.3 Å². The van der Waals surface area contributed by atoms with Gasteiger partial charge in [0.15, 0.2) is 0 Å². The molecule has 1 aliphatic rings. The monoisotopic (exact) mass is 441 g/mol. The number of nitrogen functional groups attached to an aromatic ring is 2. The van der Waals surface area contributed by atoms with Crippen molar-refractivity contribution in [3.05, 3.63) is 94.1 Å². The lowest BCUT2D eigenvalue weighted by atomic mass is 9.72. The zero-order valence-corrected chi connectivity index (χ0v) is 18.9. The SMILES string of the molecule is Cc1ccc(C2=CCC(C)(C)c3ccc(C(=O)Nc4cc(N)c(C(=O)O)c(N)c4)cc32)cc1. The molecule has 168 valence electrons. The van der Waals surface area contributed by atoms with E-state index in [1.165, 1.54) is 23.3 Å². The number of aryl methyl sites for hydroxylation is 1. The molecule has 0 spiro atoms. The smallest absolute Gasteiger partial charge is 0.339 e. The van der Waals surface area contributed by atoms with Crippen molar-refractivity contribution in [3.8, 4) is 0 Å². The maximum atomic E-state index is 13.1. The molecule has 1 amide bonds. The fourth-order valence-electron chi connectivity index (χ4n) is 4.29. The second-order valence-corrected chi connectivity index (χ2v) is 9.12. The first kappa shape index (κ1) is 22.1. The van der Waals surface area contributed by atoms with E-state index in [1.54, 1.807) is 0 Å². The number of carboxylic acids is 1. The Morgan fingerprint density at radius 2 is 1.61 bits per heavy atom. The summed E-state index contributed by atoms with van der Waals surface area (Å²) in [6.07, 6.45) is 3.14. The van der Waals surface area contributed by atoms with E-state index in [0.29, 0.717) is 11.3 Å². The van der Waals surface area contributed by atoms with E-state index >= 15 is 0 Å². The summed E-state index contributed by atoms with van der Waals surface area (Å²) in [5.74, 6) is -1.54. The molecule has 33 heavy (non-hydrogen) atoms. The minimum atomic E-state index is -1.21. The fourth-order valence-corrected chi connectivity index (χ4v) is 4.29. The molecule has 0 saturated heterocycles. The van der Waals surface area contributed by atoms with Gasteiger partial charge in [-0.1, -0.05) is 55.8 Å². The second kappa shape index (κ2) is 8.13. The minimum absolute atomic E-state index is 0.00502. The number of anilines is 3. The largest absolute Gasteiger partial charge is 0.478 e. The topological polar surface area (TPSA) is 118 Å². The van der Waals surface area contributed by atoms with E-state index in [1.807, 2.05) is 18.2 Å². The Morgan fingerprint density at radius 1 is 0.970 bits per heavy atom. The number of allylic oxidation sites excluding steroid dienone is 1. The molecule has 6 N–H and O–H groups in total. The van der Waals surface area contributed by atoms with Gasteiger partial charge >= 0.3 is 5.97 Å². The fraction of sp³-hybridized carbons (Fsp3) is 0.185. The molecule has 3 aromatic carbocycles. The number of carbonyl (C=O) groups excluding carboxylic acids is 1. The molecule has 1 aliphatic carbocycles. The number of aromatic carboxylic acids is 1. The number of amides is 1. The quantitative estimate of drug-likeness (QED) is 0.414. The zero-order valence-electron chi connectivity index (χ0n) is 18.9. The maximum absolute atomic E-state index is 13.1. The normalized spacial score (nSPS) is 14.2. The van der Waals surface area contributed by atoms with Gasteiger partial charge in [-0.3, -0.25) is 4.79 Å². The summed E-state index contributed by atoms with van der Waals surface area (Å²) in [6.45, 7) is 6.45. The molecule has 6 nitrogen and oxygen atoms in total. The van der Waals surface area contributed by atoms with Crippen LogP contribution in [0.1, 0.15) is 63.2 Å². The van der Waals surface area contributed by atoms with Gasteiger partial charge in [0.2, 0.25) is 0 Å². The number of hydrogen-bond donors (Lipinski definition) is 4. The summed E-state index contributed by atoms with van der Waals surface area (Å²) in [5.41, 5.74) is 17.9. The van der Waals surface area contributed by atoms with Crippen molar-refractivity contribution in [1.82, 2.24) is 0 Å². The highest BCUT2D eigenvalue weighted by molar-refractivity contribution is 6.07. The maximum Gasteiger partial charge on any atom is 0.339 e. The molecular weight excluding hydrogens is 414 g/mol. The highest BCUT2D eigenvalue weighted by Gasteiger charge is 2.29. The molecule has 0 fully saturated rings. The Morgan fingerprint density at radius 3 is 2.21 bits per heavy atom. The van der Waals surface area contributed by atoms with Crippen molar-refractivity contribution in [2.24, 2.45) is 0 Å². The van der Waals surface area contributed by atoms with Crippen molar-refractivity contribution in [2.45, 2.75) is 32.6 Å². The third-order valence-electron chi connectivity index (χ3n) is 6.15. The lowest BCUT2D eigenvalue weighted by Crippen LogP contribution is -2.23. The molecule has 0 bridgehead atoms. The Labute approximate surface area is 192 Å². The molecule has 6 heteroatoms. The molecule has 0 saturated carbocycles. The van der Waals surface area contributed by atoms with Crippen molar-refractivity contribution < 1.29 is 14.7 Å². The average molecular weight is 442 g/mol. The molecule has 4 rings (SSSR count). The molecule has 0 unspecified atom stereocenters. The Hall–Kier alpha value is -4.06. The third kappa shape index (κ3) is 4.20. The van der Waals surface area contributed by atoms with E-state index in [-0.39, 0.29) is 28.3 Å². The Balaban J connectivity index is 1.70. The van der Waals surface area contributed by atoms with Crippen LogP contribution in [0.4, 0.5) is 17.1 Å². The average Bonchev–Trinajstić information content (AvgIpc) is 2.73. The Bertz CT molecular complexity index is 1280. The van der Waals surface area contributed by atoms with Gasteiger partial charge in [0.1, 0.15) is 5.56 Å². The summed E-state index contributed by atoms with van der Waals surface area (Å²) in [6, 6.07) is 16.9. The molecule has 0 radical (unpaired) electrons. The molecular formula is C27H27N3O3. The summed E-state index contributed by atoms with van der Waals surface area (Å²) in [5, 5.41) is 12.0. The summed E-state index contributed by atoms with van der Waals surface area (Å²) in [4.78, 5) is 24.4. The number of benzene rings is 3. The highest BCUT2D eigenvalue weighted by atomic mass is 16.4. The van der Waals surface area contributed by atoms with Gasteiger partial charge in [0.05, 0.1) is 11.4 Å². The van der Waals surface area contributed by atoms with Crippen LogP contribution in [0, 0.1) is 6.92 Å². The van der Waals surface area contributed by atoms with Gasteiger partial charge in [-0.15, -0.1) is 0 Å². The van der Waals surface area contributed by atoms with Crippen LogP contribution in [-0.2, 0) is 5.41 Å². The number of rotatable bonds is 4. The van der Waals surface area contributed by atoms with Crippen molar-refractivity contribution in [1.29, 1.82) is 0 Å². The van der Waals surface area contributed by atoms with E-state index in [9.17, 15) is 14.7 Å². The first-order chi connectivity index (χ1) is 15.6. The first-order valence-corrected chi connectivity index (χ1v) is 10.7. The molecule has 0 atom stereocenters. The standard InChI is InChI=1S/C27H27N3O3/c1-15-4-6-16(7-5-15)19-10-11-27(2,3)21-9-8-17(12-20(19)21)25(31)30-18-13-22(28)24(26(32)33)23(29)14-18/h4-10,12-14H,11,28-29H2,1-3H3,(H,30,31)(H,32,33). The van der Waals surface area contributed by atoms with Gasteiger partial charge in [0, 0.05) is 11.3 Å².